The maximum atomic E-state index is 12.3. The minimum atomic E-state index is -0.319. The lowest BCUT2D eigenvalue weighted by Crippen LogP contribution is -2.19. The second-order valence-corrected chi connectivity index (χ2v) is 6.28. The summed E-state index contributed by atoms with van der Waals surface area (Å²) in [6.07, 6.45) is 4.33. The van der Waals surface area contributed by atoms with Gasteiger partial charge in [0.25, 0.3) is 5.91 Å². The Hall–Kier alpha value is -2.89. The topological polar surface area (TPSA) is 72.8 Å². The summed E-state index contributed by atoms with van der Waals surface area (Å²) in [5, 5.41) is 4.12. The van der Waals surface area contributed by atoms with Crippen molar-refractivity contribution in [2.75, 3.05) is 13.7 Å². The van der Waals surface area contributed by atoms with E-state index in [9.17, 15) is 4.79 Å². The third-order valence-corrected chi connectivity index (χ3v) is 3.78. The zero-order chi connectivity index (χ0) is 18.9. The van der Waals surface area contributed by atoms with Gasteiger partial charge in [0.2, 0.25) is 0 Å². The number of rotatable bonds is 8. The molecule has 1 heterocycles. The number of nitrogens with zero attached hydrogens (tertiary/aromatic N) is 2. The third kappa shape index (κ3) is 5.58. The van der Waals surface area contributed by atoms with Gasteiger partial charge in [-0.1, -0.05) is 19.9 Å². The van der Waals surface area contributed by atoms with Crippen LogP contribution in [0.2, 0.25) is 0 Å². The second-order valence-electron chi connectivity index (χ2n) is 6.28. The summed E-state index contributed by atoms with van der Waals surface area (Å²) in [4.78, 5) is 16.4. The van der Waals surface area contributed by atoms with Gasteiger partial charge in [0.05, 0.1) is 19.4 Å². The number of methoxy groups -OCH3 is 1. The van der Waals surface area contributed by atoms with E-state index in [0.717, 1.165) is 12.0 Å². The molecule has 2 aromatic rings. The Morgan fingerprint density at radius 1 is 1.23 bits per heavy atom. The van der Waals surface area contributed by atoms with Crippen LogP contribution in [0.1, 0.15) is 43.1 Å². The van der Waals surface area contributed by atoms with Gasteiger partial charge in [-0.25, -0.2) is 5.43 Å². The van der Waals surface area contributed by atoms with Gasteiger partial charge in [0, 0.05) is 23.5 Å². The van der Waals surface area contributed by atoms with Crippen molar-refractivity contribution in [1.82, 2.24) is 10.4 Å². The molecule has 0 radical (unpaired) electrons. The van der Waals surface area contributed by atoms with Crippen LogP contribution in [0.25, 0.3) is 0 Å². The summed E-state index contributed by atoms with van der Waals surface area (Å²) >= 11 is 0. The Balaban J connectivity index is 2.04. The number of amides is 1. The quantitative estimate of drug-likeness (QED) is 0.579. The molecule has 0 fully saturated rings. The number of benzene rings is 1. The Kier molecular flexibility index (Phi) is 7.14. The molecule has 1 N–H and O–H groups in total. The van der Waals surface area contributed by atoms with Gasteiger partial charge in [-0.05, 0) is 43.5 Å². The maximum absolute atomic E-state index is 12.3. The number of hydrogen-bond acceptors (Lipinski definition) is 5. The summed E-state index contributed by atoms with van der Waals surface area (Å²) in [5.41, 5.74) is 4.52. The average molecular weight is 355 g/mol. The van der Waals surface area contributed by atoms with Gasteiger partial charge in [-0.15, -0.1) is 0 Å². The van der Waals surface area contributed by atoms with Crippen LogP contribution in [0.5, 0.6) is 11.5 Å². The van der Waals surface area contributed by atoms with Crippen molar-refractivity contribution in [2.24, 2.45) is 11.0 Å². The van der Waals surface area contributed by atoms with Gasteiger partial charge in [0.1, 0.15) is 0 Å². The van der Waals surface area contributed by atoms with Gasteiger partial charge in [-0.2, -0.15) is 5.10 Å². The molecule has 0 aliphatic carbocycles. The highest BCUT2D eigenvalue weighted by atomic mass is 16.5. The first kappa shape index (κ1) is 19.4. The normalized spacial score (nSPS) is 11.3. The molecule has 138 valence electrons. The van der Waals surface area contributed by atoms with Gasteiger partial charge in [-0.3, -0.25) is 9.78 Å². The Morgan fingerprint density at radius 3 is 2.69 bits per heavy atom. The minimum absolute atomic E-state index is 0.319. The molecule has 0 spiro atoms. The molecule has 1 amide bonds. The van der Waals surface area contributed by atoms with Crippen molar-refractivity contribution < 1.29 is 14.3 Å². The van der Waals surface area contributed by atoms with Gasteiger partial charge >= 0.3 is 0 Å². The molecule has 6 heteroatoms. The number of pyridine rings is 1. The zero-order valence-corrected chi connectivity index (χ0v) is 15.7. The van der Waals surface area contributed by atoms with Crippen LogP contribution in [0.15, 0.2) is 47.8 Å². The summed E-state index contributed by atoms with van der Waals surface area (Å²) in [6, 6.07) is 8.78. The van der Waals surface area contributed by atoms with Crippen LogP contribution in [-0.2, 0) is 0 Å². The maximum Gasteiger partial charge on any atom is 0.271 e. The van der Waals surface area contributed by atoms with Crippen molar-refractivity contribution >= 4 is 11.6 Å². The Labute approximate surface area is 154 Å². The van der Waals surface area contributed by atoms with Gasteiger partial charge < -0.3 is 9.47 Å². The van der Waals surface area contributed by atoms with Crippen LogP contribution in [0, 0.1) is 5.92 Å². The largest absolute Gasteiger partial charge is 0.493 e. The second kappa shape index (κ2) is 9.56. The van der Waals surface area contributed by atoms with E-state index in [-0.39, 0.29) is 5.91 Å². The number of hydrogen-bond donors (Lipinski definition) is 1. The predicted molar refractivity (Wildman–Crippen MR) is 102 cm³/mol. The van der Waals surface area contributed by atoms with Crippen molar-refractivity contribution in [3.63, 3.8) is 0 Å². The van der Waals surface area contributed by atoms with Crippen LogP contribution in [0.3, 0.4) is 0 Å². The number of aromatic nitrogens is 1. The molecule has 6 nitrogen and oxygen atoms in total. The van der Waals surface area contributed by atoms with E-state index in [1.165, 1.54) is 0 Å². The highest BCUT2D eigenvalue weighted by Gasteiger charge is 2.11. The highest BCUT2D eigenvalue weighted by molar-refractivity contribution is 6.00. The van der Waals surface area contributed by atoms with Crippen molar-refractivity contribution in [2.45, 2.75) is 27.2 Å². The number of hydrazone groups is 1. The first-order valence-corrected chi connectivity index (χ1v) is 8.57. The van der Waals surface area contributed by atoms with E-state index >= 15 is 0 Å². The molecule has 0 saturated heterocycles. The molecule has 0 saturated carbocycles. The molecule has 0 atom stereocenters. The molecule has 26 heavy (non-hydrogen) atoms. The summed E-state index contributed by atoms with van der Waals surface area (Å²) < 4.78 is 11.1. The van der Waals surface area contributed by atoms with E-state index in [2.05, 4.69) is 29.4 Å². The first-order valence-electron chi connectivity index (χ1n) is 8.57. The molecule has 1 aromatic heterocycles. The lowest BCUT2D eigenvalue weighted by molar-refractivity contribution is 0.0954. The molecule has 0 bridgehead atoms. The lowest BCUT2D eigenvalue weighted by atomic mass is 10.1. The number of carbonyl (C=O) groups excluding carboxylic acids is 1. The fourth-order valence-corrected chi connectivity index (χ4v) is 2.17. The van der Waals surface area contributed by atoms with Crippen LogP contribution < -0.4 is 14.9 Å². The molecule has 2 rings (SSSR count). The number of nitrogens with one attached hydrogen (secondary N) is 1. The van der Waals surface area contributed by atoms with E-state index in [0.29, 0.717) is 35.3 Å². The van der Waals surface area contributed by atoms with Gasteiger partial charge in [0.15, 0.2) is 11.5 Å². The molecule has 1 aromatic carbocycles. The molecule has 0 aliphatic rings. The third-order valence-electron chi connectivity index (χ3n) is 3.78. The summed E-state index contributed by atoms with van der Waals surface area (Å²) in [7, 11) is 1.55. The van der Waals surface area contributed by atoms with Crippen LogP contribution in [-0.4, -0.2) is 30.3 Å². The average Bonchev–Trinajstić information content (AvgIpc) is 2.66. The fraction of sp³-hybridized carbons (Fsp3) is 0.350. The van der Waals surface area contributed by atoms with E-state index in [4.69, 9.17) is 9.47 Å². The van der Waals surface area contributed by atoms with E-state index < -0.39 is 0 Å². The van der Waals surface area contributed by atoms with E-state index in [1.54, 1.807) is 37.7 Å². The number of ether oxygens (including phenoxy) is 2. The lowest BCUT2D eigenvalue weighted by Gasteiger charge is -2.12. The Morgan fingerprint density at radius 2 is 2.04 bits per heavy atom. The Bertz CT molecular complexity index is 758. The minimum Gasteiger partial charge on any atom is -0.493 e. The van der Waals surface area contributed by atoms with Crippen molar-refractivity contribution in [3.8, 4) is 11.5 Å². The van der Waals surface area contributed by atoms with Crippen LogP contribution in [0.4, 0.5) is 0 Å². The van der Waals surface area contributed by atoms with Crippen molar-refractivity contribution in [3.05, 3.63) is 53.9 Å². The summed E-state index contributed by atoms with van der Waals surface area (Å²) in [5.74, 6) is 1.39. The smallest absolute Gasteiger partial charge is 0.271 e. The summed E-state index contributed by atoms with van der Waals surface area (Å²) in [6.45, 7) is 6.70. The first-order chi connectivity index (χ1) is 12.5. The monoisotopic (exact) mass is 355 g/mol. The van der Waals surface area contributed by atoms with Crippen molar-refractivity contribution in [1.29, 1.82) is 0 Å². The molecule has 0 aliphatic heterocycles. The zero-order valence-electron chi connectivity index (χ0n) is 15.7. The van der Waals surface area contributed by atoms with E-state index in [1.807, 2.05) is 19.1 Å². The predicted octanol–water partition coefficient (Wildman–Crippen LogP) is 3.67. The molecular weight excluding hydrogens is 330 g/mol. The molecular formula is C20H25N3O3. The number of carbonyl (C=O) groups is 1. The fourth-order valence-electron chi connectivity index (χ4n) is 2.17. The van der Waals surface area contributed by atoms with Crippen LogP contribution >= 0.6 is 0 Å². The molecule has 0 unspecified atom stereocenters. The SMILES string of the molecule is COc1cc(C(=O)N/N=C(\C)c2cccnc2)ccc1OCCC(C)C. The standard InChI is InChI=1S/C20H25N3O3/c1-14(2)9-11-26-18-8-7-16(12-19(18)25-4)20(24)23-22-15(3)17-6-5-10-21-13-17/h5-8,10,12-14H,9,11H2,1-4H3,(H,23,24)/b22-15+. The highest BCUT2D eigenvalue weighted by Crippen LogP contribution is 2.28.